The van der Waals surface area contributed by atoms with Crippen LogP contribution in [0.2, 0.25) is 0 Å². The highest BCUT2D eigenvalue weighted by Gasteiger charge is 2.23. The van der Waals surface area contributed by atoms with Crippen LogP contribution in [0.25, 0.3) is 0 Å². The molecular weight excluding hydrogens is 352 g/mol. The molecule has 0 saturated heterocycles. The van der Waals surface area contributed by atoms with E-state index in [0.717, 1.165) is 55.0 Å². The molecule has 1 atom stereocenters. The molecule has 1 aliphatic heterocycles. The second kappa shape index (κ2) is 9.60. The monoisotopic (exact) mass is 382 g/mol. The number of nitrogens with one attached hydrogen (secondary N) is 2. The van der Waals surface area contributed by atoms with Gasteiger partial charge in [-0.1, -0.05) is 25.5 Å². The highest BCUT2D eigenvalue weighted by atomic mass is 16.5. The summed E-state index contributed by atoms with van der Waals surface area (Å²) in [7, 11) is 1.69. The third kappa shape index (κ3) is 5.04. The second-order valence-corrected chi connectivity index (χ2v) is 7.32. The van der Waals surface area contributed by atoms with Gasteiger partial charge in [0.1, 0.15) is 17.6 Å². The van der Waals surface area contributed by atoms with Gasteiger partial charge in [0.15, 0.2) is 0 Å². The van der Waals surface area contributed by atoms with E-state index >= 15 is 0 Å². The predicted octanol–water partition coefficient (Wildman–Crippen LogP) is 3.84. The van der Waals surface area contributed by atoms with Gasteiger partial charge in [-0.25, -0.2) is 0 Å². The number of hydrogen-bond donors (Lipinski definition) is 2. The van der Waals surface area contributed by atoms with Crippen molar-refractivity contribution in [3.63, 3.8) is 0 Å². The molecule has 1 aliphatic rings. The van der Waals surface area contributed by atoms with Crippen LogP contribution in [-0.2, 0) is 19.5 Å². The molecule has 150 valence electrons. The molecule has 1 heterocycles. The Morgan fingerprint density at radius 2 is 2.00 bits per heavy atom. The summed E-state index contributed by atoms with van der Waals surface area (Å²) >= 11 is 0. The topological polar surface area (TPSA) is 59.6 Å². The lowest BCUT2D eigenvalue weighted by atomic mass is 10.1. The SMILES string of the molecule is CCCCNC(=O)c1ccc(CNCc2cc(OC)cc3c2OC(C)C3)cc1. The van der Waals surface area contributed by atoms with Gasteiger partial charge in [-0.15, -0.1) is 0 Å². The molecule has 0 aromatic heterocycles. The summed E-state index contributed by atoms with van der Waals surface area (Å²) in [5.41, 5.74) is 4.17. The van der Waals surface area contributed by atoms with Crippen molar-refractivity contribution >= 4 is 5.91 Å². The van der Waals surface area contributed by atoms with Gasteiger partial charge in [0.2, 0.25) is 0 Å². The van der Waals surface area contributed by atoms with Crippen molar-refractivity contribution in [2.75, 3.05) is 13.7 Å². The summed E-state index contributed by atoms with van der Waals surface area (Å²) < 4.78 is 11.4. The predicted molar refractivity (Wildman–Crippen MR) is 111 cm³/mol. The second-order valence-electron chi connectivity index (χ2n) is 7.32. The molecule has 1 unspecified atom stereocenters. The Morgan fingerprint density at radius 1 is 1.21 bits per heavy atom. The van der Waals surface area contributed by atoms with Gasteiger partial charge in [0.05, 0.1) is 7.11 Å². The van der Waals surface area contributed by atoms with E-state index in [1.54, 1.807) is 7.11 Å². The Balaban J connectivity index is 1.56. The molecule has 2 N–H and O–H groups in total. The van der Waals surface area contributed by atoms with E-state index in [4.69, 9.17) is 9.47 Å². The minimum absolute atomic E-state index is 0.00817. The maximum absolute atomic E-state index is 12.1. The van der Waals surface area contributed by atoms with E-state index in [1.165, 1.54) is 5.56 Å². The van der Waals surface area contributed by atoms with Gasteiger partial charge >= 0.3 is 0 Å². The molecule has 0 fully saturated rings. The van der Waals surface area contributed by atoms with Gasteiger partial charge in [0, 0.05) is 42.7 Å². The first-order valence-electron chi connectivity index (χ1n) is 10.0. The minimum Gasteiger partial charge on any atom is -0.497 e. The normalized spacial score (nSPS) is 15.0. The molecule has 0 aliphatic carbocycles. The molecule has 0 saturated carbocycles. The number of ether oxygens (including phenoxy) is 2. The molecular formula is C23H30N2O3. The Morgan fingerprint density at radius 3 is 2.71 bits per heavy atom. The zero-order valence-electron chi connectivity index (χ0n) is 17.0. The largest absolute Gasteiger partial charge is 0.497 e. The lowest BCUT2D eigenvalue weighted by Crippen LogP contribution is -2.24. The van der Waals surface area contributed by atoms with Crippen LogP contribution < -0.4 is 20.1 Å². The van der Waals surface area contributed by atoms with Gasteiger partial charge in [-0.2, -0.15) is 0 Å². The van der Waals surface area contributed by atoms with E-state index in [0.29, 0.717) is 12.1 Å². The number of carbonyl (C=O) groups excluding carboxylic acids is 1. The smallest absolute Gasteiger partial charge is 0.251 e. The van der Waals surface area contributed by atoms with Gasteiger partial charge in [-0.05, 0) is 43.2 Å². The maximum atomic E-state index is 12.1. The Hall–Kier alpha value is -2.53. The van der Waals surface area contributed by atoms with Crippen molar-refractivity contribution < 1.29 is 14.3 Å². The van der Waals surface area contributed by atoms with Crippen LogP contribution in [0.3, 0.4) is 0 Å². The number of fused-ring (bicyclic) bond motifs is 1. The number of benzene rings is 2. The van der Waals surface area contributed by atoms with Crippen LogP contribution in [0.5, 0.6) is 11.5 Å². The van der Waals surface area contributed by atoms with Crippen molar-refractivity contribution in [3.05, 3.63) is 58.7 Å². The van der Waals surface area contributed by atoms with Gasteiger partial charge < -0.3 is 20.1 Å². The molecule has 2 aromatic carbocycles. The maximum Gasteiger partial charge on any atom is 0.251 e. The number of hydrogen-bond acceptors (Lipinski definition) is 4. The first-order valence-corrected chi connectivity index (χ1v) is 10.0. The van der Waals surface area contributed by atoms with Crippen LogP contribution >= 0.6 is 0 Å². The zero-order chi connectivity index (χ0) is 19.9. The van der Waals surface area contributed by atoms with E-state index in [2.05, 4.69) is 30.5 Å². The van der Waals surface area contributed by atoms with E-state index in [9.17, 15) is 4.79 Å². The molecule has 28 heavy (non-hydrogen) atoms. The summed E-state index contributed by atoms with van der Waals surface area (Å²) in [6.07, 6.45) is 3.20. The minimum atomic E-state index is -0.00817. The van der Waals surface area contributed by atoms with Gasteiger partial charge in [0.25, 0.3) is 5.91 Å². The fourth-order valence-corrected chi connectivity index (χ4v) is 3.42. The summed E-state index contributed by atoms with van der Waals surface area (Å²) in [6, 6.07) is 11.9. The third-order valence-electron chi connectivity index (χ3n) is 4.95. The molecule has 1 amide bonds. The van der Waals surface area contributed by atoms with Crippen LogP contribution in [0.4, 0.5) is 0 Å². The Bertz CT molecular complexity index is 802. The van der Waals surface area contributed by atoms with Crippen molar-refractivity contribution in [1.82, 2.24) is 10.6 Å². The molecule has 0 spiro atoms. The van der Waals surface area contributed by atoms with E-state index in [-0.39, 0.29) is 12.0 Å². The van der Waals surface area contributed by atoms with Crippen molar-refractivity contribution in [2.45, 2.75) is 52.3 Å². The molecule has 0 radical (unpaired) electrons. The summed E-state index contributed by atoms with van der Waals surface area (Å²) in [5, 5.41) is 6.41. The molecule has 3 rings (SSSR count). The third-order valence-corrected chi connectivity index (χ3v) is 4.95. The fourth-order valence-electron chi connectivity index (χ4n) is 3.42. The molecule has 2 aromatic rings. The lowest BCUT2D eigenvalue weighted by molar-refractivity contribution is 0.0953. The Labute approximate surface area is 167 Å². The standard InChI is InChI=1S/C23H30N2O3/c1-4-5-10-25-23(26)18-8-6-17(7-9-18)14-24-15-20-13-21(27-3)12-19-11-16(2)28-22(19)20/h6-9,12-13,16,24H,4-5,10-11,14-15H2,1-3H3,(H,25,26). The lowest BCUT2D eigenvalue weighted by Gasteiger charge is -2.12. The number of amides is 1. The van der Waals surface area contributed by atoms with Crippen LogP contribution in [0.15, 0.2) is 36.4 Å². The number of rotatable bonds is 9. The highest BCUT2D eigenvalue weighted by Crippen LogP contribution is 2.36. The van der Waals surface area contributed by atoms with Crippen LogP contribution in [-0.4, -0.2) is 25.7 Å². The number of carbonyl (C=O) groups is 1. The fraction of sp³-hybridized carbons (Fsp3) is 0.435. The highest BCUT2D eigenvalue weighted by molar-refractivity contribution is 5.94. The van der Waals surface area contributed by atoms with E-state index in [1.807, 2.05) is 30.3 Å². The van der Waals surface area contributed by atoms with Crippen molar-refractivity contribution in [2.24, 2.45) is 0 Å². The molecule has 0 bridgehead atoms. The van der Waals surface area contributed by atoms with Gasteiger partial charge in [-0.3, -0.25) is 4.79 Å². The molecule has 5 heteroatoms. The molecule has 5 nitrogen and oxygen atoms in total. The van der Waals surface area contributed by atoms with E-state index < -0.39 is 0 Å². The average molecular weight is 383 g/mol. The van der Waals surface area contributed by atoms with Crippen molar-refractivity contribution in [3.8, 4) is 11.5 Å². The quantitative estimate of drug-likeness (QED) is 0.647. The average Bonchev–Trinajstić information content (AvgIpc) is 3.08. The van der Waals surface area contributed by atoms with Crippen LogP contribution in [0, 0.1) is 0 Å². The van der Waals surface area contributed by atoms with Crippen molar-refractivity contribution in [1.29, 1.82) is 0 Å². The first kappa shape index (κ1) is 20.2. The zero-order valence-corrected chi connectivity index (χ0v) is 17.0. The number of unbranched alkanes of at least 4 members (excludes halogenated alkanes) is 1. The summed E-state index contributed by atoms with van der Waals surface area (Å²) in [4.78, 5) is 12.1. The first-order chi connectivity index (χ1) is 13.6. The number of methoxy groups -OCH3 is 1. The summed E-state index contributed by atoms with van der Waals surface area (Å²) in [6.45, 7) is 6.35. The Kier molecular flexibility index (Phi) is 6.93. The summed E-state index contributed by atoms with van der Waals surface area (Å²) in [5.74, 6) is 1.85. The van der Waals surface area contributed by atoms with Crippen LogP contribution in [0.1, 0.15) is 53.7 Å².